The monoisotopic (exact) mass is 326 g/mol. The van der Waals surface area contributed by atoms with E-state index in [0.717, 1.165) is 25.7 Å². The van der Waals surface area contributed by atoms with Gasteiger partial charge in [-0.1, -0.05) is 38.0 Å². The number of carbonyl (C=O) groups is 2. The molecule has 0 spiro atoms. The summed E-state index contributed by atoms with van der Waals surface area (Å²) in [6.07, 6.45) is 8.40. The van der Waals surface area contributed by atoms with E-state index in [0.29, 0.717) is 13.0 Å². The highest BCUT2D eigenvalue weighted by Gasteiger charge is 2.05. The zero-order valence-corrected chi connectivity index (χ0v) is 15.6. The molecule has 4 nitrogen and oxygen atoms in total. The Hall–Kier alpha value is -1.58. The molecule has 4 heteroatoms. The van der Waals surface area contributed by atoms with Gasteiger partial charge in [-0.25, -0.2) is 0 Å². The molecule has 0 aliphatic heterocycles. The van der Waals surface area contributed by atoms with Crippen LogP contribution in [0.25, 0.3) is 0 Å². The van der Waals surface area contributed by atoms with Crippen LogP contribution < -0.4 is 0 Å². The topological polar surface area (TPSA) is 63.6 Å². The molecule has 1 N–H and O–H groups in total. The van der Waals surface area contributed by atoms with E-state index < -0.39 is 5.97 Å². The van der Waals surface area contributed by atoms with Gasteiger partial charge in [0.05, 0.1) is 5.92 Å². The summed E-state index contributed by atoms with van der Waals surface area (Å²) in [5, 5.41) is 8.18. The first kappa shape index (κ1) is 23.7. The molecule has 0 aromatic carbocycles. The van der Waals surface area contributed by atoms with Gasteiger partial charge in [0.1, 0.15) is 6.61 Å². The number of hydrogen-bond acceptors (Lipinski definition) is 3. The number of carboxylic acids is 1. The predicted octanol–water partition coefficient (Wildman–Crippen LogP) is 5.14. The van der Waals surface area contributed by atoms with Crippen LogP contribution in [0.1, 0.15) is 73.6 Å². The summed E-state index contributed by atoms with van der Waals surface area (Å²) in [4.78, 5) is 21.0. The van der Waals surface area contributed by atoms with Gasteiger partial charge >= 0.3 is 11.9 Å². The summed E-state index contributed by atoms with van der Waals surface area (Å²) in [6.45, 7) is 12.2. The standard InChI is InChI=1S/C14H24O2.C5H10O2/c1-5-7-14(15)16-11-10-13(4)9-6-8-12(2)3;1-3-4(2)5(6)7/h8,10H,5-7,9,11H2,1-4H3;4H,3H2,1-2H3,(H,6,7)/b13-10+;. The summed E-state index contributed by atoms with van der Waals surface area (Å²) in [5.74, 6) is -0.988. The minimum atomic E-state index is -0.706. The van der Waals surface area contributed by atoms with E-state index in [4.69, 9.17) is 9.84 Å². The van der Waals surface area contributed by atoms with Crippen LogP contribution in [0.2, 0.25) is 0 Å². The highest BCUT2D eigenvalue weighted by Crippen LogP contribution is 2.06. The zero-order valence-electron chi connectivity index (χ0n) is 15.6. The van der Waals surface area contributed by atoms with E-state index in [-0.39, 0.29) is 11.9 Å². The molecule has 0 bridgehead atoms. The average Bonchev–Trinajstić information content (AvgIpc) is 2.46. The van der Waals surface area contributed by atoms with E-state index in [2.05, 4.69) is 26.8 Å². The molecule has 1 unspecified atom stereocenters. The van der Waals surface area contributed by atoms with Crippen LogP contribution in [-0.2, 0) is 14.3 Å². The summed E-state index contributed by atoms with van der Waals surface area (Å²) >= 11 is 0. The lowest BCUT2D eigenvalue weighted by molar-refractivity contribution is -0.142. The van der Waals surface area contributed by atoms with Crippen molar-refractivity contribution in [1.82, 2.24) is 0 Å². The number of esters is 1. The third kappa shape index (κ3) is 18.4. The number of carboxylic acid groups (broad SMARTS) is 1. The fourth-order valence-electron chi connectivity index (χ4n) is 1.42. The molecule has 0 heterocycles. The Morgan fingerprint density at radius 3 is 2.09 bits per heavy atom. The van der Waals surface area contributed by atoms with E-state index in [1.807, 2.05) is 19.9 Å². The molecule has 0 amide bonds. The Kier molecular flexibility index (Phi) is 15.8. The lowest BCUT2D eigenvalue weighted by Gasteiger charge is -2.02. The molecular formula is C19H34O4. The molecule has 0 aromatic heterocycles. The molecule has 0 aliphatic carbocycles. The second-order valence-corrected chi connectivity index (χ2v) is 5.95. The minimum absolute atomic E-state index is 0.101. The lowest BCUT2D eigenvalue weighted by Crippen LogP contribution is -2.06. The Morgan fingerprint density at radius 2 is 1.70 bits per heavy atom. The maximum atomic E-state index is 11.1. The Bertz CT molecular complexity index is 390. The van der Waals surface area contributed by atoms with Gasteiger partial charge in [-0.15, -0.1) is 0 Å². The van der Waals surface area contributed by atoms with Crippen LogP contribution in [0, 0.1) is 5.92 Å². The van der Waals surface area contributed by atoms with Crippen molar-refractivity contribution in [2.45, 2.75) is 73.6 Å². The highest BCUT2D eigenvalue weighted by atomic mass is 16.5. The van der Waals surface area contributed by atoms with Crippen molar-refractivity contribution < 1.29 is 19.4 Å². The van der Waals surface area contributed by atoms with Crippen LogP contribution >= 0.6 is 0 Å². The number of carbonyl (C=O) groups excluding carboxylic acids is 1. The molecule has 0 saturated carbocycles. The van der Waals surface area contributed by atoms with Gasteiger partial charge in [0.25, 0.3) is 0 Å². The normalized spacial score (nSPS) is 11.8. The quantitative estimate of drug-likeness (QED) is 0.470. The first-order valence-corrected chi connectivity index (χ1v) is 8.41. The maximum absolute atomic E-state index is 11.1. The van der Waals surface area contributed by atoms with E-state index >= 15 is 0 Å². The molecule has 0 radical (unpaired) electrons. The summed E-state index contributed by atoms with van der Waals surface area (Å²) in [5.41, 5.74) is 2.63. The molecule has 134 valence electrons. The van der Waals surface area contributed by atoms with Gasteiger partial charge in [0, 0.05) is 6.42 Å². The minimum Gasteiger partial charge on any atom is -0.481 e. The average molecular weight is 326 g/mol. The van der Waals surface area contributed by atoms with Gasteiger partial charge in [0.15, 0.2) is 0 Å². The van der Waals surface area contributed by atoms with Gasteiger partial charge < -0.3 is 9.84 Å². The van der Waals surface area contributed by atoms with Crippen molar-refractivity contribution in [2.24, 2.45) is 5.92 Å². The van der Waals surface area contributed by atoms with Crippen LogP contribution in [0.5, 0.6) is 0 Å². The number of ether oxygens (including phenoxy) is 1. The maximum Gasteiger partial charge on any atom is 0.306 e. The molecular weight excluding hydrogens is 292 g/mol. The first-order chi connectivity index (χ1) is 10.7. The van der Waals surface area contributed by atoms with Crippen molar-refractivity contribution in [2.75, 3.05) is 6.61 Å². The van der Waals surface area contributed by atoms with E-state index in [9.17, 15) is 9.59 Å². The van der Waals surface area contributed by atoms with Crippen molar-refractivity contribution in [3.05, 3.63) is 23.3 Å². The lowest BCUT2D eigenvalue weighted by atomic mass is 10.1. The predicted molar refractivity (Wildman–Crippen MR) is 95.4 cm³/mol. The van der Waals surface area contributed by atoms with Crippen LogP contribution in [0.4, 0.5) is 0 Å². The molecule has 0 aromatic rings. The van der Waals surface area contributed by atoms with Gasteiger partial charge in [-0.3, -0.25) is 9.59 Å². The van der Waals surface area contributed by atoms with Gasteiger partial charge in [0.2, 0.25) is 0 Å². The SMILES string of the molecule is CCC(C)C(=O)O.CCCC(=O)OC/C=C(\C)CCC=C(C)C. The van der Waals surface area contributed by atoms with Gasteiger partial charge in [-0.2, -0.15) is 0 Å². The Balaban J connectivity index is 0. The fourth-order valence-corrected chi connectivity index (χ4v) is 1.42. The van der Waals surface area contributed by atoms with Crippen molar-refractivity contribution >= 4 is 11.9 Å². The molecule has 0 saturated heterocycles. The number of hydrogen-bond donors (Lipinski definition) is 1. The molecule has 23 heavy (non-hydrogen) atoms. The number of aliphatic carboxylic acids is 1. The molecule has 1 atom stereocenters. The third-order valence-corrected chi connectivity index (χ3v) is 3.26. The number of rotatable bonds is 9. The van der Waals surface area contributed by atoms with Crippen molar-refractivity contribution in [3.63, 3.8) is 0 Å². The summed E-state index contributed by atoms with van der Waals surface area (Å²) in [6, 6.07) is 0. The molecule has 0 fully saturated rings. The largest absolute Gasteiger partial charge is 0.481 e. The third-order valence-electron chi connectivity index (χ3n) is 3.26. The second kappa shape index (κ2) is 15.3. The van der Waals surface area contributed by atoms with Crippen LogP contribution in [0.15, 0.2) is 23.3 Å². The van der Waals surface area contributed by atoms with Gasteiger partial charge in [-0.05, 0) is 52.5 Å². The molecule has 0 aliphatic rings. The van der Waals surface area contributed by atoms with Crippen molar-refractivity contribution in [3.8, 4) is 0 Å². The number of allylic oxidation sites excluding steroid dienone is 3. The van der Waals surface area contributed by atoms with E-state index in [1.54, 1.807) is 6.92 Å². The zero-order chi connectivity index (χ0) is 18.3. The smallest absolute Gasteiger partial charge is 0.306 e. The molecule has 0 rings (SSSR count). The van der Waals surface area contributed by atoms with Crippen LogP contribution in [0.3, 0.4) is 0 Å². The second-order valence-electron chi connectivity index (χ2n) is 5.95. The first-order valence-electron chi connectivity index (χ1n) is 8.41. The van der Waals surface area contributed by atoms with E-state index in [1.165, 1.54) is 11.1 Å². The highest BCUT2D eigenvalue weighted by molar-refractivity contribution is 5.69. The summed E-state index contributed by atoms with van der Waals surface area (Å²) in [7, 11) is 0. The Morgan fingerprint density at radius 1 is 1.09 bits per heavy atom. The summed E-state index contributed by atoms with van der Waals surface area (Å²) < 4.78 is 5.05. The van der Waals surface area contributed by atoms with Crippen LogP contribution in [-0.4, -0.2) is 23.7 Å². The Labute approximate surface area is 141 Å². The van der Waals surface area contributed by atoms with Crippen molar-refractivity contribution in [1.29, 1.82) is 0 Å². The fraction of sp³-hybridized carbons (Fsp3) is 0.684.